The first-order chi connectivity index (χ1) is 15.5. The van der Waals surface area contributed by atoms with E-state index in [0.717, 1.165) is 15.9 Å². The van der Waals surface area contributed by atoms with Crippen molar-refractivity contribution in [1.82, 2.24) is 20.6 Å². The molecule has 1 aliphatic heterocycles. The third-order valence-corrected chi connectivity index (χ3v) is 6.05. The lowest BCUT2D eigenvalue weighted by Crippen LogP contribution is -2.50. The maximum Gasteiger partial charge on any atom is 0.283 e. The van der Waals surface area contributed by atoms with Crippen LogP contribution in [-0.2, 0) is 4.79 Å². The van der Waals surface area contributed by atoms with Crippen LogP contribution in [0.3, 0.4) is 0 Å². The van der Waals surface area contributed by atoms with E-state index >= 15 is 0 Å². The minimum atomic E-state index is -0.887. The summed E-state index contributed by atoms with van der Waals surface area (Å²) < 4.78 is 26.1. The van der Waals surface area contributed by atoms with Gasteiger partial charge in [-0.15, -0.1) is 11.3 Å². The van der Waals surface area contributed by atoms with Crippen molar-refractivity contribution in [2.45, 2.75) is 13.0 Å². The molecule has 2 aromatic heterocycles. The van der Waals surface area contributed by atoms with Gasteiger partial charge in [0.05, 0.1) is 16.3 Å². The molecule has 8 nitrogen and oxygen atoms in total. The fourth-order valence-electron chi connectivity index (χ4n) is 3.33. The quantitative estimate of drug-likeness (QED) is 0.466. The minimum Gasteiger partial charge on any atom is -0.485 e. The molecule has 2 amide bonds. The maximum atomic E-state index is 13.3. The summed E-state index contributed by atoms with van der Waals surface area (Å²) in [6.07, 6.45) is -0.887. The van der Waals surface area contributed by atoms with Gasteiger partial charge in [0.2, 0.25) is 6.10 Å². The van der Waals surface area contributed by atoms with Crippen LogP contribution in [0.25, 0.3) is 15.9 Å². The summed E-state index contributed by atoms with van der Waals surface area (Å²) in [7, 11) is 0. The number of halogens is 1. The zero-order valence-electron chi connectivity index (χ0n) is 16.8. The molecule has 1 unspecified atom stereocenters. The second-order valence-corrected chi connectivity index (χ2v) is 8.14. The first-order valence-electron chi connectivity index (χ1n) is 9.73. The summed E-state index contributed by atoms with van der Waals surface area (Å²) in [5.74, 6) is -0.303. The number of thiophene rings is 1. The van der Waals surface area contributed by atoms with Gasteiger partial charge in [-0.1, -0.05) is 12.1 Å². The number of aryl methyl sites for hydroxylation is 1. The van der Waals surface area contributed by atoms with E-state index in [9.17, 15) is 14.0 Å². The largest absolute Gasteiger partial charge is 0.485 e. The first-order valence-corrected chi connectivity index (χ1v) is 10.5. The number of fused-ring (bicyclic) bond motifs is 2. The van der Waals surface area contributed by atoms with Crippen molar-refractivity contribution in [3.63, 3.8) is 0 Å². The van der Waals surface area contributed by atoms with Crippen LogP contribution in [0, 0.1) is 12.7 Å². The van der Waals surface area contributed by atoms with Crippen LogP contribution in [0.4, 0.5) is 4.39 Å². The summed E-state index contributed by atoms with van der Waals surface area (Å²) in [4.78, 5) is 26.2. The Labute approximate surface area is 185 Å². The number of nitrogens with one attached hydrogen (secondary N) is 2. The number of hydrogen-bond donors (Lipinski definition) is 2. The van der Waals surface area contributed by atoms with Gasteiger partial charge in [-0.2, -0.15) is 5.10 Å². The van der Waals surface area contributed by atoms with E-state index in [0.29, 0.717) is 22.1 Å². The number of benzene rings is 2. The average molecular weight is 452 g/mol. The Morgan fingerprint density at radius 1 is 1.12 bits per heavy atom. The van der Waals surface area contributed by atoms with Crippen LogP contribution in [0.5, 0.6) is 11.5 Å². The monoisotopic (exact) mass is 452 g/mol. The number of para-hydroxylation sites is 2. The van der Waals surface area contributed by atoms with E-state index in [1.165, 1.54) is 23.5 Å². The number of carbonyl (C=O) groups is 2. The molecule has 0 fully saturated rings. The van der Waals surface area contributed by atoms with Gasteiger partial charge in [-0.05, 0) is 49.4 Å². The second kappa shape index (κ2) is 7.97. The molecule has 2 aromatic carbocycles. The first kappa shape index (κ1) is 20.0. The summed E-state index contributed by atoms with van der Waals surface area (Å²) >= 11 is 1.22. The molecule has 0 saturated carbocycles. The molecule has 1 aliphatic rings. The zero-order chi connectivity index (χ0) is 22.2. The summed E-state index contributed by atoms with van der Waals surface area (Å²) in [6.45, 7) is 1.87. The normalized spacial score (nSPS) is 14.9. The minimum absolute atomic E-state index is 0.0360. The molecule has 5 rings (SSSR count). The highest BCUT2D eigenvalue weighted by Gasteiger charge is 2.28. The average Bonchev–Trinajstić information content (AvgIpc) is 3.38. The van der Waals surface area contributed by atoms with Gasteiger partial charge in [0, 0.05) is 5.39 Å². The molecular formula is C22H17FN4O4S. The van der Waals surface area contributed by atoms with Crippen LogP contribution in [0.2, 0.25) is 0 Å². The summed E-state index contributed by atoms with van der Waals surface area (Å²) in [5, 5.41) is 5.28. The van der Waals surface area contributed by atoms with E-state index in [-0.39, 0.29) is 12.4 Å². The van der Waals surface area contributed by atoms with Gasteiger partial charge in [-0.25, -0.2) is 9.07 Å². The predicted molar refractivity (Wildman–Crippen MR) is 116 cm³/mol. The van der Waals surface area contributed by atoms with Crippen molar-refractivity contribution in [3.8, 4) is 17.2 Å². The molecule has 2 N–H and O–H groups in total. The van der Waals surface area contributed by atoms with Crippen LogP contribution < -0.4 is 20.3 Å². The topological polar surface area (TPSA) is 94.5 Å². The number of nitrogens with zero attached hydrogens (tertiary/aromatic N) is 2. The fourth-order valence-corrected chi connectivity index (χ4v) is 4.40. The molecule has 3 heterocycles. The van der Waals surface area contributed by atoms with Crippen molar-refractivity contribution in [2.75, 3.05) is 6.61 Å². The Bertz CT molecular complexity index is 1330. The summed E-state index contributed by atoms with van der Waals surface area (Å²) in [6, 6.07) is 14.7. The SMILES string of the molecule is Cc1nn(-c2ccc(F)cc2)c2sc(C(=O)NNC(=O)C3COc4ccccc4O3)cc12. The van der Waals surface area contributed by atoms with Gasteiger partial charge in [0.25, 0.3) is 11.8 Å². The van der Waals surface area contributed by atoms with Crippen LogP contribution in [-0.4, -0.2) is 34.3 Å². The van der Waals surface area contributed by atoms with Crippen molar-refractivity contribution >= 4 is 33.4 Å². The molecule has 10 heteroatoms. The maximum absolute atomic E-state index is 13.3. The van der Waals surface area contributed by atoms with Crippen LogP contribution >= 0.6 is 11.3 Å². The highest BCUT2D eigenvalue weighted by Crippen LogP contribution is 2.31. The van der Waals surface area contributed by atoms with Crippen molar-refractivity contribution in [1.29, 1.82) is 0 Å². The van der Waals surface area contributed by atoms with Crippen molar-refractivity contribution < 1.29 is 23.5 Å². The standard InChI is InChI=1S/C22H17FN4O4S/c1-12-15-10-19(32-22(15)27(26-12)14-8-6-13(23)7-9-14)21(29)25-24-20(28)18-11-30-16-4-2-3-5-17(16)31-18/h2-10,18H,11H2,1H3,(H,24,28)(H,25,29). The number of rotatable bonds is 3. The van der Waals surface area contributed by atoms with Gasteiger partial charge in [0.15, 0.2) is 11.5 Å². The van der Waals surface area contributed by atoms with E-state index in [4.69, 9.17) is 9.47 Å². The lowest BCUT2D eigenvalue weighted by molar-refractivity contribution is -0.131. The Kier molecular flexibility index (Phi) is 4.98. The van der Waals surface area contributed by atoms with Gasteiger partial charge in [0.1, 0.15) is 17.3 Å². The smallest absolute Gasteiger partial charge is 0.283 e. The van der Waals surface area contributed by atoms with Crippen LogP contribution in [0.15, 0.2) is 54.6 Å². The van der Waals surface area contributed by atoms with Crippen LogP contribution in [0.1, 0.15) is 15.4 Å². The zero-order valence-corrected chi connectivity index (χ0v) is 17.6. The van der Waals surface area contributed by atoms with E-state index in [1.807, 2.05) is 13.0 Å². The second-order valence-electron chi connectivity index (χ2n) is 7.11. The van der Waals surface area contributed by atoms with Gasteiger partial charge in [-0.3, -0.25) is 20.4 Å². The molecule has 0 saturated heterocycles. The molecule has 1 atom stereocenters. The number of aromatic nitrogens is 2. The number of amides is 2. The Hall–Kier alpha value is -3.92. The lowest BCUT2D eigenvalue weighted by Gasteiger charge is -2.25. The highest BCUT2D eigenvalue weighted by molar-refractivity contribution is 7.20. The molecular weight excluding hydrogens is 435 g/mol. The van der Waals surface area contributed by atoms with Crippen molar-refractivity contribution in [3.05, 3.63) is 71.0 Å². The van der Waals surface area contributed by atoms with E-state index in [1.54, 1.807) is 41.1 Å². The molecule has 4 aromatic rings. The highest BCUT2D eigenvalue weighted by atomic mass is 32.1. The molecule has 0 aliphatic carbocycles. The van der Waals surface area contributed by atoms with Gasteiger partial charge >= 0.3 is 0 Å². The predicted octanol–water partition coefficient (Wildman–Crippen LogP) is 3.14. The third-order valence-electron chi connectivity index (χ3n) is 4.94. The number of ether oxygens (including phenoxy) is 2. The molecule has 0 spiro atoms. The Balaban J connectivity index is 1.29. The lowest BCUT2D eigenvalue weighted by atomic mass is 10.2. The Morgan fingerprint density at radius 3 is 2.66 bits per heavy atom. The molecule has 0 bridgehead atoms. The van der Waals surface area contributed by atoms with Crippen molar-refractivity contribution in [2.24, 2.45) is 0 Å². The molecule has 0 radical (unpaired) electrons. The fraction of sp³-hybridized carbons (Fsp3) is 0.136. The number of hydrazine groups is 1. The Morgan fingerprint density at radius 2 is 1.88 bits per heavy atom. The molecule has 32 heavy (non-hydrogen) atoms. The van der Waals surface area contributed by atoms with E-state index < -0.39 is 17.9 Å². The summed E-state index contributed by atoms with van der Waals surface area (Å²) in [5.41, 5.74) is 6.21. The van der Waals surface area contributed by atoms with Gasteiger partial charge < -0.3 is 9.47 Å². The molecule has 162 valence electrons. The van der Waals surface area contributed by atoms with E-state index in [2.05, 4.69) is 16.0 Å². The third kappa shape index (κ3) is 3.65. The number of carbonyl (C=O) groups excluding carboxylic acids is 2. The number of hydrogen-bond acceptors (Lipinski definition) is 6.